The van der Waals surface area contributed by atoms with Crippen LogP contribution in [0.3, 0.4) is 0 Å². The molecule has 3 heteroatoms. The quantitative estimate of drug-likeness (QED) is 0.754. The van der Waals surface area contributed by atoms with Crippen molar-refractivity contribution >= 4 is 5.78 Å². The summed E-state index contributed by atoms with van der Waals surface area (Å²) in [4.78, 5) is 12.5. The van der Waals surface area contributed by atoms with Gasteiger partial charge < -0.3 is 0 Å². The topological polar surface area (TPSA) is 17.1 Å². The van der Waals surface area contributed by atoms with Gasteiger partial charge in [-0.15, -0.1) is 0 Å². The summed E-state index contributed by atoms with van der Waals surface area (Å²) in [5.41, 5.74) is 1.62. The molecule has 1 saturated carbocycles. The highest BCUT2D eigenvalue weighted by molar-refractivity contribution is 6.10. The number of carbonyl (C=O) groups excluding carboxylic acids is 1. The van der Waals surface area contributed by atoms with Gasteiger partial charge in [0.05, 0.1) is 0 Å². The van der Waals surface area contributed by atoms with Crippen LogP contribution in [0.4, 0.5) is 8.78 Å². The molecule has 0 heterocycles. The monoisotopic (exact) mass is 272 g/mol. The third-order valence-corrected chi connectivity index (χ3v) is 3.88. The van der Waals surface area contributed by atoms with E-state index in [9.17, 15) is 13.6 Å². The summed E-state index contributed by atoms with van der Waals surface area (Å²) in [6.45, 7) is 0. The molecule has 0 aromatic heterocycles. The maximum atomic E-state index is 13.2. The second-order valence-electron chi connectivity index (χ2n) is 5.20. The highest BCUT2D eigenvalue weighted by Gasteiger charge is 2.24. The first-order chi connectivity index (χ1) is 9.65. The SMILES string of the molecule is O=C(c1cc(F)cc(F)c1)c1ccccc1C1CCC1. The van der Waals surface area contributed by atoms with Crippen molar-refractivity contribution in [1.29, 1.82) is 0 Å². The number of ketones is 1. The lowest BCUT2D eigenvalue weighted by atomic mass is 9.77. The molecule has 0 unspecified atom stereocenters. The van der Waals surface area contributed by atoms with Crippen molar-refractivity contribution in [2.45, 2.75) is 25.2 Å². The van der Waals surface area contributed by atoms with Gasteiger partial charge in [0.15, 0.2) is 5.78 Å². The predicted molar refractivity (Wildman–Crippen MR) is 72.8 cm³/mol. The lowest BCUT2D eigenvalue weighted by Gasteiger charge is -2.27. The Bertz CT molecular complexity index is 640. The number of benzene rings is 2. The molecule has 1 fully saturated rings. The molecule has 0 amide bonds. The van der Waals surface area contributed by atoms with E-state index in [1.807, 2.05) is 12.1 Å². The molecular weight excluding hydrogens is 258 g/mol. The van der Waals surface area contributed by atoms with Crippen molar-refractivity contribution in [2.75, 3.05) is 0 Å². The third kappa shape index (κ3) is 2.36. The maximum absolute atomic E-state index is 13.2. The van der Waals surface area contributed by atoms with Gasteiger partial charge in [0.1, 0.15) is 11.6 Å². The van der Waals surface area contributed by atoms with Gasteiger partial charge in [-0.25, -0.2) is 8.78 Å². The summed E-state index contributed by atoms with van der Waals surface area (Å²) < 4.78 is 26.5. The van der Waals surface area contributed by atoms with E-state index < -0.39 is 11.6 Å². The largest absolute Gasteiger partial charge is 0.289 e. The molecule has 1 aliphatic rings. The van der Waals surface area contributed by atoms with E-state index in [1.165, 1.54) is 6.42 Å². The molecule has 2 aromatic carbocycles. The van der Waals surface area contributed by atoms with Gasteiger partial charge >= 0.3 is 0 Å². The fourth-order valence-corrected chi connectivity index (χ4v) is 2.62. The predicted octanol–water partition coefficient (Wildman–Crippen LogP) is 4.46. The van der Waals surface area contributed by atoms with E-state index in [0.29, 0.717) is 11.5 Å². The average Bonchev–Trinajstić information content (AvgIpc) is 2.35. The summed E-state index contributed by atoms with van der Waals surface area (Å²) in [5, 5.41) is 0. The molecule has 0 bridgehead atoms. The van der Waals surface area contributed by atoms with Crippen LogP contribution in [0.1, 0.15) is 46.7 Å². The Labute approximate surface area is 116 Å². The number of hydrogen-bond donors (Lipinski definition) is 0. The van der Waals surface area contributed by atoms with Crippen LogP contribution in [-0.2, 0) is 0 Å². The summed E-state index contributed by atoms with van der Waals surface area (Å²) in [7, 11) is 0. The summed E-state index contributed by atoms with van der Waals surface area (Å²) in [6.07, 6.45) is 3.31. The number of rotatable bonds is 3. The molecule has 3 rings (SSSR count). The van der Waals surface area contributed by atoms with Crippen molar-refractivity contribution in [3.63, 3.8) is 0 Å². The number of halogens is 2. The van der Waals surface area contributed by atoms with Crippen molar-refractivity contribution in [1.82, 2.24) is 0 Å². The van der Waals surface area contributed by atoms with Crippen LogP contribution in [-0.4, -0.2) is 5.78 Å². The fraction of sp³-hybridized carbons (Fsp3) is 0.235. The summed E-state index contributed by atoms with van der Waals surface area (Å²) in [6, 6.07) is 10.3. The molecular formula is C17H14F2O. The summed E-state index contributed by atoms with van der Waals surface area (Å²) in [5.74, 6) is -1.37. The molecule has 0 spiro atoms. The van der Waals surface area contributed by atoms with Crippen LogP contribution < -0.4 is 0 Å². The Hall–Kier alpha value is -2.03. The minimum Gasteiger partial charge on any atom is -0.289 e. The molecule has 0 N–H and O–H groups in total. The second kappa shape index (κ2) is 5.16. The van der Waals surface area contributed by atoms with Gasteiger partial charge in [-0.3, -0.25) is 4.79 Å². The Morgan fingerprint density at radius 3 is 2.25 bits per heavy atom. The van der Waals surface area contributed by atoms with E-state index in [0.717, 1.165) is 36.6 Å². The third-order valence-electron chi connectivity index (χ3n) is 3.88. The number of carbonyl (C=O) groups is 1. The lowest BCUT2D eigenvalue weighted by Crippen LogP contribution is -2.14. The minimum atomic E-state index is -0.727. The second-order valence-corrected chi connectivity index (χ2v) is 5.20. The van der Waals surface area contributed by atoms with Crippen LogP contribution in [0.5, 0.6) is 0 Å². The van der Waals surface area contributed by atoms with E-state index in [1.54, 1.807) is 12.1 Å². The average molecular weight is 272 g/mol. The Kier molecular flexibility index (Phi) is 3.35. The zero-order chi connectivity index (χ0) is 14.1. The smallest absolute Gasteiger partial charge is 0.193 e. The van der Waals surface area contributed by atoms with E-state index in [4.69, 9.17) is 0 Å². The first kappa shape index (κ1) is 13.0. The fourth-order valence-electron chi connectivity index (χ4n) is 2.62. The van der Waals surface area contributed by atoms with Crippen molar-refractivity contribution < 1.29 is 13.6 Å². The lowest BCUT2D eigenvalue weighted by molar-refractivity contribution is 0.103. The standard InChI is InChI=1S/C17H14F2O/c18-13-8-12(9-14(19)10-13)17(20)16-7-2-1-6-15(16)11-4-3-5-11/h1-2,6-11H,3-5H2. The maximum Gasteiger partial charge on any atom is 0.193 e. The summed E-state index contributed by atoms with van der Waals surface area (Å²) >= 11 is 0. The van der Waals surface area contributed by atoms with Crippen LogP contribution in [0.2, 0.25) is 0 Å². The van der Waals surface area contributed by atoms with E-state index in [2.05, 4.69) is 0 Å². The van der Waals surface area contributed by atoms with Crippen LogP contribution in [0.25, 0.3) is 0 Å². The van der Waals surface area contributed by atoms with Gasteiger partial charge in [0.2, 0.25) is 0 Å². The van der Waals surface area contributed by atoms with Crippen LogP contribution in [0, 0.1) is 11.6 Å². The molecule has 102 valence electrons. The minimum absolute atomic E-state index is 0.0641. The molecule has 2 aromatic rings. The van der Waals surface area contributed by atoms with E-state index >= 15 is 0 Å². The number of hydrogen-bond acceptors (Lipinski definition) is 1. The Balaban J connectivity index is 2.01. The molecule has 1 aliphatic carbocycles. The van der Waals surface area contributed by atoms with Gasteiger partial charge in [-0.05, 0) is 36.5 Å². The zero-order valence-electron chi connectivity index (χ0n) is 10.9. The van der Waals surface area contributed by atoms with E-state index in [-0.39, 0.29) is 11.3 Å². The highest BCUT2D eigenvalue weighted by Crippen LogP contribution is 2.38. The first-order valence-electron chi connectivity index (χ1n) is 6.75. The zero-order valence-corrected chi connectivity index (χ0v) is 10.9. The molecule has 0 aliphatic heterocycles. The van der Waals surface area contributed by atoms with Crippen molar-refractivity contribution in [3.05, 3.63) is 70.8 Å². The van der Waals surface area contributed by atoms with Gasteiger partial charge in [0, 0.05) is 17.2 Å². The van der Waals surface area contributed by atoms with Crippen molar-refractivity contribution in [2.24, 2.45) is 0 Å². The highest BCUT2D eigenvalue weighted by atomic mass is 19.1. The van der Waals surface area contributed by atoms with Gasteiger partial charge in [0.25, 0.3) is 0 Å². The van der Waals surface area contributed by atoms with Crippen LogP contribution in [0.15, 0.2) is 42.5 Å². The van der Waals surface area contributed by atoms with Gasteiger partial charge in [-0.2, -0.15) is 0 Å². The normalized spacial score (nSPS) is 14.9. The van der Waals surface area contributed by atoms with Crippen molar-refractivity contribution in [3.8, 4) is 0 Å². The molecule has 1 nitrogen and oxygen atoms in total. The molecule has 0 radical (unpaired) electrons. The molecule has 20 heavy (non-hydrogen) atoms. The van der Waals surface area contributed by atoms with Gasteiger partial charge in [-0.1, -0.05) is 30.7 Å². The molecule has 0 atom stereocenters. The van der Waals surface area contributed by atoms with Crippen LogP contribution >= 0.6 is 0 Å². The Morgan fingerprint density at radius 1 is 1.00 bits per heavy atom. The Morgan fingerprint density at radius 2 is 1.65 bits per heavy atom. The first-order valence-corrected chi connectivity index (χ1v) is 6.75. The molecule has 0 saturated heterocycles.